The number of hydrogen-bond donors (Lipinski definition) is 3. The molecule has 0 bridgehead atoms. The predicted molar refractivity (Wildman–Crippen MR) is 155 cm³/mol. The van der Waals surface area contributed by atoms with Gasteiger partial charge in [0, 0.05) is 36.5 Å². The van der Waals surface area contributed by atoms with E-state index in [-0.39, 0.29) is 12.3 Å². The van der Waals surface area contributed by atoms with Crippen LogP contribution in [0.3, 0.4) is 0 Å². The number of nitrogens with one attached hydrogen (secondary N) is 2. The van der Waals surface area contributed by atoms with Gasteiger partial charge >= 0.3 is 5.97 Å². The lowest BCUT2D eigenvalue weighted by molar-refractivity contribution is -0.137. The Balaban J connectivity index is 1.24. The quantitative estimate of drug-likeness (QED) is 0.160. The molecule has 0 saturated heterocycles. The van der Waals surface area contributed by atoms with Gasteiger partial charge in [-0.05, 0) is 83.6 Å². The molecule has 10 nitrogen and oxygen atoms in total. The van der Waals surface area contributed by atoms with Crippen LogP contribution >= 0.6 is 0 Å². The van der Waals surface area contributed by atoms with Crippen LogP contribution < -0.4 is 10.1 Å². The number of aliphatic carboxylic acids is 1. The summed E-state index contributed by atoms with van der Waals surface area (Å²) in [5.74, 6) is 0.246. The summed E-state index contributed by atoms with van der Waals surface area (Å²) in [7, 11) is 0. The summed E-state index contributed by atoms with van der Waals surface area (Å²) in [5, 5.41) is 27.1. The van der Waals surface area contributed by atoms with E-state index >= 15 is 0 Å². The van der Waals surface area contributed by atoms with E-state index in [1.165, 1.54) is 5.56 Å². The van der Waals surface area contributed by atoms with Gasteiger partial charge in [0.05, 0.1) is 17.8 Å². The molecule has 0 radical (unpaired) electrons. The van der Waals surface area contributed by atoms with Crippen LogP contribution in [0.1, 0.15) is 53.0 Å². The molecule has 1 amide bonds. The first-order valence-corrected chi connectivity index (χ1v) is 13.7. The molecule has 41 heavy (non-hydrogen) atoms. The minimum atomic E-state index is -0.832. The topological polar surface area (TPSA) is 135 Å². The second-order valence-corrected chi connectivity index (χ2v) is 9.84. The molecule has 5 rings (SSSR count). The molecule has 3 N–H and O–H groups in total. The van der Waals surface area contributed by atoms with Gasteiger partial charge in [0.2, 0.25) is 0 Å². The molecule has 5 aromatic rings. The fourth-order valence-electron chi connectivity index (χ4n) is 4.86. The van der Waals surface area contributed by atoms with Crippen molar-refractivity contribution < 1.29 is 19.4 Å². The van der Waals surface area contributed by atoms with Gasteiger partial charge in [-0.1, -0.05) is 36.4 Å². The number of H-pyrrole nitrogens is 1. The maximum Gasteiger partial charge on any atom is 0.303 e. The molecule has 0 fully saturated rings. The van der Waals surface area contributed by atoms with Crippen molar-refractivity contribution in [3.63, 3.8) is 0 Å². The first-order chi connectivity index (χ1) is 20.1. The summed E-state index contributed by atoms with van der Waals surface area (Å²) in [4.78, 5) is 24.3. The van der Waals surface area contributed by atoms with E-state index < -0.39 is 5.97 Å². The maximum absolute atomic E-state index is 13.2. The third-order valence-electron chi connectivity index (χ3n) is 6.86. The molecular formula is C31H32N6O4. The smallest absolute Gasteiger partial charge is 0.303 e. The van der Waals surface area contributed by atoms with Crippen molar-refractivity contribution in [3.05, 3.63) is 102 Å². The van der Waals surface area contributed by atoms with Crippen LogP contribution in [0.4, 0.5) is 5.69 Å². The molecule has 10 heteroatoms. The number of carbonyl (C=O) groups excluding carboxylic acids is 1. The van der Waals surface area contributed by atoms with Crippen LogP contribution in [-0.4, -0.2) is 48.8 Å². The zero-order chi connectivity index (χ0) is 28.4. The van der Waals surface area contributed by atoms with E-state index in [1.54, 1.807) is 12.1 Å². The van der Waals surface area contributed by atoms with Crippen LogP contribution in [-0.2, 0) is 24.2 Å². The number of amides is 1. The molecule has 210 valence electrons. The number of aryl methyl sites for hydroxylation is 2. The molecule has 0 saturated carbocycles. The molecule has 0 aliphatic rings. The van der Waals surface area contributed by atoms with E-state index in [0.29, 0.717) is 43.1 Å². The third-order valence-corrected chi connectivity index (χ3v) is 6.86. The highest BCUT2D eigenvalue weighted by atomic mass is 16.5. The highest BCUT2D eigenvalue weighted by molar-refractivity contribution is 6.09. The number of aromatic nitrogens is 5. The van der Waals surface area contributed by atoms with Crippen molar-refractivity contribution in [2.45, 2.75) is 45.1 Å². The summed E-state index contributed by atoms with van der Waals surface area (Å²) < 4.78 is 7.89. The van der Waals surface area contributed by atoms with Crippen molar-refractivity contribution in [1.29, 1.82) is 0 Å². The number of anilines is 1. The molecule has 0 unspecified atom stereocenters. The fraction of sp³-hybridized carbons (Fsp3) is 0.258. The van der Waals surface area contributed by atoms with Gasteiger partial charge in [0.15, 0.2) is 5.82 Å². The third kappa shape index (κ3) is 7.36. The summed E-state index contributed by atoms with van der Waals surface area (Å²) >= 11 is 0. The van der Waals surface area contributed by atoms with Crippen LogP contribution in [0.25, 0.3) is 10.9 Å². The van der Waals surface area contributed by atoms with Crippen LogP contribution in [0, 0.1) is 0 Å². The van der Waals surface area contributed by atoms with Gasteiger partial charge in [0.25, 0.3) is 5.91 Å². The Morgan fingerprint density at radius 2 is 1.78 bits per heavy atom. The summed E-state index contributed by atoms with van der Waals surface area (Å²) in [6.07, 6.45) is 5.98. The Labute approximate surface area is 237 Å². The van der Waals surface area contributed by atoms with Gasteiger partial charge in [-0.3, -0.25) is 9.59 Å². The number of carbonyl (C=O) groups is 2. The number of aromatic amines is 1. The number of unbranched alkanes of at least 4 members (excludes halogenated alkanes) is 1. The average molecular weight is 553 g/mol. The van der Waals surface area contributed by atoms with Gasteiger partial charge in [-0.15, -0.1) is 5.10 Å². The van der Waals surface area contributed by atoms with E-state index in [2.05, 4.69) is 50.2 Å². The van der Waals surface area contributed by atoms with Crippen molar-refractivity contribution in [2.24, 2.45) is 0 Å². The minimum absolute atomic E-state index is 0.0743. The van der Waals surface area contributed by atoms with E-state index in [4.69, 9.17) is 9.84 Å². The summed E-state index contributed by atoms with van der Waals surface area (Å²) in [5.41, 5.74) is 4.31. The Hall–Kier alpha value is -4.99. The number of carboxylic acids is 1. The van der Waals surface area contributed by atoms with Crippen LogP contribution in [0.2, 0.25) is 0 Å². The molecule has 2 heterocycles. The SMILES string of the molecule is O=C(O)CCCn1cc(Cc2nnn[nH]2)c2c(NC(=O)c3ccc(OCCCCc4ccccc4)cc3)cccc21. The van der Waals surface area contributed by atoms with Crippen molar-refractivity contribution in [2.75, 3.05) is 11.9 Å². The fourth-order valence-corrected chi connectivity index (χ4v) is 4.86. The highest BCUT2D eigenvalue weighted by Gasteiger charge is 2.17. The first kappa shape index (κ1) is 27.6. The maximum atomic E-state index is 13.2. The van der Waals surface area contributed by atoms with E-state index in [1.807, 2.05) is 47.2 Å². The van der Waals surface area contributed by atoms with E-state index in [0.717, 1.165) is 41.5 Å². The molecule has 0 spiro atoms. The van der Waals surface area contributed by atoms with Gasteiger partial charge in [-0.2, -0.15) is 0 Å². The Kier molecular flexibility index (Phi) is 9.00. The van der Waals surface area contributed by atoms with Crippen molar-refractivity contribution >= 4 is 28.5 Å². The van der Waals surface area contributed by atoms with Crippen molar-refractivity contribution in [1.82, 2.24) is 25.2 Å². The van der Waals surface area contributed by atoms with E-state index in [9.17, 15) is 9.59 Å². The van der Waals surface area contributed by atoms with Crippen LogP contribution in [0.5, 0.6) is 5.75 Å². The number of fused-ring (bicyclic) bond motifs is 1. The normalized spacial score (nSPS) is 11.0. The minimum Gasteiger partial charge on any atom is -0.494 e. The Morgan fingerprint density at radius 3 is 2.54 bits per heavy atom. The molecule has 0 atom stereocenters. The summed E-state index contributed by atoms with van der Waals surface area (Å²) in [6, 6.07) is 23.2. The average Bonchev–Trinajstić information content (AvgIpc) is 3.62. The Morgan fingerprint density at radius 1 is 0.951 bits per heavy atom. The van der Waals surface area contributed by atoms with Gasteiger partial charge in [0.1, 0.15) is 5.75 Å². The number of benzene rings is 3. The molecule has 3 aromatic carbocycles. The molecule has 0 aliphatic carbocycles. The monoisotopic (exact) mass is 552 g/mol. The lowest BCUT2D eigenvalue weighted by Gasteiger charge is -2.10. The lowest BCUT2D eigenvalue weighted by Crippen LogP contribution is -2.12. The number of nitrogens with zero attached hydrogens (tertiary/aromatic N) is 4. The predicted octanol–water partition coefficient (Wildman–Crippen LogP) is 5.26. The molecule has 0 aliphatic heterocycles. The zero-order valence-electron chi connectivity index (χ0n) is 22.6. The lowest BCUT2D eigenvalue weighted by atomic mass is 10.1. The standard InChI is InChI=1S/C31H32N6O4/c38-29(39)13-7-18-37-21-24(20-28-33-35-36-34-28)30-26(11-6-12-27(30)37)32-31(40)23-14-16-25(17-15-23)41-19-5-4-10-22-8-2-1-3-9-22/h1-3,6,8-9,11-12,14-17,21H,4-5,7,10,13,18-20H2,(H,32,40)(H,38,39)(H,33,34,35,36). The molecule has 2 aromatic heterocycles. The number of tetrazole rings is 1. The van der Waals surface area contributed by atoms with Gasteiger partial charge < -0.3 is 19.7 Å². The number of rotatable bonds is 14. The van der Waals surface area contributed by atoms with Gasteiger partial charge in [-0.25, -0.2) is 5.10 Å². The Bertz CT molecular complexity index is 1580. The number of carboxylic acid groups (broad SMARTS) is 1. The summed E-state index contributed by atoms with van der Waals surface area (Å²) in [6.45, 7) is 1.15. The largest absolute Gasteiger partial charge is 0.494 e. The number of hydrogen-bond acceptors (Lipinski definition) is 6. The first-order valence-electron chi connectivity index (χ1n) is 13.7. The van der Waals surface area contributed by atoms with Crippen LogP contribution in [0.15, 0.2) is 79.0 Å². The second kappa shape index (κ2) is 13.4. The highest BCUT2D eigenvalue weighted by Crippen LogP contribution is 2.31. The molecular weight excluding hydrogens is 520 g/mol. The van der Waals surface area contributed by atoms with Crippen molar-refractivity contribution in [3.8, 4) is 5.75 Å². The second-order valence-electron chi connectivity index (χ2n) is 9.84. The zero-order valence-corrected chi connectivity index (χ0v) is 22.6. The number of ether oxygens (including phenoxy) is 1.